The molecule has 0 saturated heterocycles. The van der Waals surface area contributed by atoms with E-state index in [0.29, 0.717) is 12.0 Å². The third-order valence-electron chi connectivity index (χ3n) is 1.59. The summed E-state index contributed by atoms with van der Waals surface area (Å²) < 4.78 is 1.26. The van der Waals surface area contributed by atoms with Gasteiger partial charge in [-0.05, 0) is 12.2 Å². The van der Waals surface area contributed by atoms with Crippen LogP contribution in [0.15, 0.2) is 4.99 Å². The fourth-order valence-electron chi connectivity index (χ4n) is 0.820. The minimum atomic E-state index is 0.576. The summed E-state index contributed by atoms with van der Waals surface area (Å²) in [7, 11) is 0. The van der Waals surface area contributed by atoms with E-state index in [0.717, 1.165) is 0 Å². The Morgan fingerprint density at radius 1 is 1.70 bits per heavy atom. The van der Waals surface area contributed by atoms with E-state index in [1.54, 1.807) is 11.8 Å². The van der Waals surface area contributed by atoms with Gasteiger partial charge in [0.2, 0.25) is 0 Å². The predicted molar refractivity (Wildman–Crippen MR) is 52.0 cm³/mol. The lowest BCUT2D eigenvalue weighted by atomic mass is 10.1. The highest BCUT2D eigenvalue weighted by Gasteiger charge is 2.19. The third-order valence-corrected chi connectivity index (χ3v) is 3.76. The van der Waals surface area contributed by atoms with Gasteiger partial charge in [0, 0.05) is 5.75 Å². The molecular weight excluding hydrogens is 162 g/mol. The lowest BCUT2D eigenvalue weighted by Gasteiger charge is -2.07. The van der Waals surface area contributed by atoms with Gasteiger partial charge in [0.1, 0.15) is 4.38 Å². The largest absolute Gasteiger partial charge is 0.267 e. The maximum atomic E-state index is 4.55. The number of aliphatic imine (C=N–C) groups is 1. The lowest BCUT2D eigenvalue weighted by Crippen LogP contribution is -2.11. The highest BCUT2D eigenvalue weighted by Crippen LogP contribution is 2.27. The van der Waals surface area contributed by atoms with Gasteiger partial charge >= 0.3 is 0 Å². The van der Waals surface area contributed by atoms with Crippen molar-refractivity contribution >= 4 is 27.9 Å². The van der Waals surface area contributed by atoms with E-state index < -0.39 is 0 Å². The van der Waals surface area contributed by atoms with E-state index in [4.69, 9.17) is 0 Å². The summed E-state index contributed by atoms with van der Waals surface area (Å²) >= 11 is 3.66. The van der Waals surface area contributed by atoms with Crippen LogP contribution in [0.2, 0.25) is 0 Å². The van der Waals surface area contributed by atoms with Gasteiger partial charge in [-0.3, -0.25) is 4.99 Å². The van der Waals surface area contributed by atoms with Gasteiger partial charge in [-0.15, -0.1) is 11.8 Å². The zero-order chi connectivity index (χ0) is 7.56. The monoisotopic (exact) mass is 175 g/mol. The van der Waals surface area contributed by atoms with Crippen molar-refractivity contribution in [1.82, 2.24) is 0 Å². The Bertz CT molecular complexity index is 143. The molecule has 10 heavy (non-hydrogen) atoms. The molecule has 58 valence electrons. The second-order valence-electron chi connectivity index (χ2n) is 2.72. The smallest absolute Gasteiger partial charge is 0.124 e. The van der Waals surface area contributed by atoms with Crippen LogP contribution in [0.5, 0.6) is 0 Å². The van der Waals surface area contributed by atoms with Crippen LogP contribution >= 0.6 is 23.5 Å². The van der Waals surface area contributed by atoms with Crippen LogP contribution in [0.4, 0.5) is 0 Å². The van der Waals surface area contributed by atoms with Crippen LogP contribution in [0, 0.1) is 5.92 Å². The molecule has 0 aromatic heterocycles. The van der Waals surface area contributed by atoms with E-state index in [2.05, 4.69) is 25.1 Å². The SMILES string of the molecule is CSC1=N[C@@H](C(C)C)CS1. The standard InChI is InChI=1S/C7H13NS2/c1-5(2)6-4-10-7(8-6)9-3/h5-6H,4H2,1-3H3/t6-/m1/s1. The number of nitrogens with zero attached hydrogens (tertiary/aromatic N) is 1. The van der Waals surface area contributed by atoms with Crippen molar-refractivity contribution in [3.63, 3.8) is 0 Å². The van der Waals surface area contributed by atoms with Crippen LogP contribution in [0.1, 0.15) is 13.8 Å². The fraction of sp³-hybridized carbons (Fsp3) is 0.857. The highest BCUT2D eigenvalue weighted by molar-refractivity contribution is 8.38. The van der Waals surface area contributed by atoms with Crippen molar-refractivity contribution < 1.29 is 0 Å². The molecule has 0 fully saturated rings. The summed E-state index contributed by atoms with van der Waals surface area (Å²) in [6, 6.07) is 0.576. The summed E-state index contributed by atoms with van der Waals surface area (Å²) in [5.74, 6) is 1.89. The van der Waals surface area contributed by atoms with Gasteiger partial charge in [-0.1, -0.05) is 25.6 Å². The molecule has 1 aliphatic rings. The van der Waals surface area contributed by atoms with Crippen molar-refractivity contribution in [2.75, 3.05) is 12.0 Å². The van der Waals surface area contributed by atoms with Crippen molar-refractivity contribution in [2.45, 2.75) is 19.9 Å². The molecule has 3 heteroatoms. The van der Waals surface area contributed by atoms with E-state index >= 15 is 0 Å². The van der Waals surface area contributed by atoms with Crippen LogP contribution in [-0.4, -0.2) is 22.4 Å². The molecule has 1 aliphatic heterocycles. The number of thioether (sulfide) groups is 2. The minimum absolute atomic E-state index is 0.576. The van der Waals surface area contributed by atoms with E-state index in [1.165, 1.54) is 10.1 Å². The summed E-state index contributed by atoms with van der Waals surface area (Å²) in [6.07, 6.45) is 2.09. The van der Waals surface area contributed by atoms with Crippen molar-refractivity contribution in [3.05, 3.63) is 0 Å². The fourth-order valence-corrected chi connectivity index (χ4v) is 2.72. The molecule has 1 atom stereocenters. The molecule has 0 unspecified atom stereocenters. The molecule has 0 bridgehead atoms. The molecule has 1 nitrogen and oxygen atoms in total. The first-order valence-corrected chi connectivity index (χ1v) is 5.69. The zero-order valence-electron chi connectivity index (χ0n) is 6.63. The van der Waals surface area contributed by atoms with Gasteiger partial charge < -0.3 is 0 Å². The molecule has 0 saturated carbocycles. The Labute approximate surface area is 71.1 Å². The molecule has 1 heterocycles. The summed E-state index contributed by atoms with van der Waals surface area (Å²) in [5, 5.41) is 0. The normalized spacial score (nSPS) is 25.6. The van der Waals surface area contributed by atoms with Crippen LogP contribution < -0.4 is 0 Å². The van der Waals surface area contributed by atoms with Crippen molar-refractivity contribution in [3.8, 4) is 0 Å². The second kappa shape index (κ2) is 3.67. The zero-order valence-corrected chi connectivity index (χ0v) is 8.26. The van der Waals surface area contributed by atoms with E-state index in [9.17, 15) is 0 Å². The first-order chi connectivity index (χ1) is 4.74. The lowest BCUT2D eigenvalue weighted by molar-refractivity contribution is 0.544. The van der Waals surface area contributed by atoms with Gasteiger partial charge in [0.15, 0.2) is 0 Å². The second-order valence-corrected chi connectivity index (χ2v) is 4.78. The number of rotatable bonds is 1. The Kier molecular flexibility index (Phi) is 3.11. The Hall–Kier alpha value is 0.370. The summed E-state index contributed by atoms with van der Waals surface area (Å²) in [4.78, 5) is 4.55. The van der Waals surface area contributed by atoms with Crippen LogP contribution in [0.3, 0.4) is 0 Å². The molecule has 1 rings (SSSR count). The maximum absolute atomic E-state index is 4.55. The van der Waals surface area contributed by atoms with Crippen molar-refractivity contribution in [2.24, 2.45) is 10.9 Å². The number of hydrogen-bond donors (Lipinski definition) is 0. The Balaban J connectivity index is 2.47. The van der Waals surface area contributed by atoms with E-state index in [1.807, 2.05) is 11.8 Å². The average Bonchev–Trinajstić information content (AvgIpc) is 2.34. The highest BCUT2D eigenvalue weighted by atomic mass is 32.2. The Morgan fingerprint density at radius 3 is 2.70 bits per heavy atom. The van der Waals surface area contributed by atoms with Gasteiger partial charge in [0.25, 0.3) is 0 Å². The molecule has 0 aromatic carbocycles. The minimum Gasteiger partial charge on any atom is -0.267 e. The van der Waals surface area contributed by atoms with Crippen molar-refractivity contribution in [1.29, 1.82) is 0 Å². The summed E-state index contributed by atoms with van der Waals surface area (Å²) in [5.41, 5.74) is 0. The molecule has 0 N–H and O–H groups in total. The first-order valence-electron chi connectivity index (χ1n) is 3.48. The maximum Gasteiger partial charge on any atom is 0.124 e. The topological polar surface area (TPSA) is 12.4 Å². The first kappa shape index (κ1) is 8.47. The van der Waals surface area contributed by atoms with Gasteiger partial charge in [0.05, 0.1) is 6.04 Å². The molecule has 0 amide bonds. The number of hydrogen-bond acceptors (Lipinski definition) is 3. The molecule has 0 aromatic rings. The Morgan fingerprint density at radius 2 is 2.40 bits per heavy atom. The van der Waals surface area contributed by atoms with E-state index in [-0.39, 0.29) is 0 Å². The molecular formula is C7H13NS2. The van der Waals surface area contributed by atoms with Crippen LogP contribution in [-0.2, 0) is 0 Å². The van der Waals surface area contributed by atoms with Gasteiger partial charge in [-0.25, -0.2) is 0 Å². The third kappa shape index (κ3) is 1.92. The molecule has 0 aliphatic carbocycles. The van der Waals surface area contributed by atoms with Crippen LogP contribution in [0.25, 0.3) is 0 Å². The molecule has 0 radical (unpaired) electrons. The molecule has 0 spiro atoms. The predicted octanol–water partition coefficient (Wildman–Crippen LogP) is 2.48. The quantitative estimate of drug-likeness (QED) is 0.607. The van der Waals surface area contributed by atoms with Gasteiger partial charge in [-0.2, -0.15) is 0 Å². The average molecular weight is 175 g/mol. The summed E-state index contributed by atoms with van der Waals surface area (Å²) in [6.45, 7) is 4.47.